The maximum atomic E-state index is 6.00. The fourth-order valence-electron chi connectivity index (χ4n) is 1.92. The van der Waals surface area contributed by atoms with Crippen LogP contribution in [0, 0.1) is 13.8 Å². The Bertz CT molecular complexity index is 436. The Morgan fingerprint density at radius 1 is 1.06 bits per heavy atom. The molecule has 5 heteroatoms. The molecular weight excluding hydrogens is 215 g/mol. The number of aromatic nitrogens is 2. The second-order valence-electron chi connectivity index (χ2n) is 5.78. The lowest BCUT2D eigenvalue weighted by Crippen LogP contribution is -2.41. The van der Waals surface area contributed by atoms with Crippen LogP contribution >= 0.6 is 0 Å². The summed E-state index contributed by atoms with van der Waals surface area (Å²) < 4.78 is 14.1. The molecule has 1 fully saturated rings. The standard InChI is InChI=1S/C12H21BN2O2/c1-8-10(14-9(2)15(8)7)13-16-11(3,4)12(5,6)17-13/h1-7H3. The lowest BCUT2D eigenvalue weighted by Gasteiger charge is -2.32. The molecule has 2 heterocycles. The van der Waals surface area contributed by atoms with Crippen molar-refractivity contribution in [2.24, 2.45) is 7.05 Å². The molecule has 0 aromatic carbocycles. The molecule has 0 radical (unpaired) electrons. The smallest absolute Gasteiger partial charge is 0.398 e. The molecule has 1 aliphatic heterocycles. The van der Waals surface area contributed by atoms with Crippen molar-refractivity contribution in [3.63, 3.8) is 0 Å². The molecule has 1 aliphatic rings. The lowest BCUT2D eigenvalue weighted by molar-refractivity contribution is 0.00578. The Kier molecular flexibility index (Phi) is 2.67. The van der Waals surface area contributed by atoms with Gasteiger partial charge in [-0.05, 0) is 41.5 Å². The average Bonchev–Trinajstić information content (AvgIpc) is 2.55. The van der Waals surface area contributed by atoms with Gasteiger partial charge in [0.1, 0.15) is 5.82 Å². The molecule has 1 saturated heterocycles. The van der Waals surface area contributed by atoms with Crippen LogP contribution < -0.4 is 5.59 Å². The van der Waals surface area contributed by atoms with Gasteiger partial charge < -0.3 is 13.9 Å². The fourth-order valence-corrected chi connectivity index (χ4v) is 1.92. The minimum Gasteiger partial charge on any atom is -0.398 e. The highest BCUT2D eigenvalue weighted by molar-refractivity contribution is 6.61. The predicted octanol–water partition coefficient (Wildman–Crippen LogP) is 1.34. The number of hydrogen-bond donors (Lipinski definition) is 0. The summed E-state index contributed by atoms with van der Waals surface area (Å²) in [6, 6.07) is 0. The van der Waals surface area contributed by atoms with E-state index in [2.05, 4.69) is 37.2 Å². The van der Waals surface area contributed by atoms with Crippen molar-refractivity contribution in [2.75, 3.05) is 0 Å². The van der Waals surface area contributed by atoms with Crippen LogP contribution in [-0.4, -0.2) is 27.9 Å². The Morgan fingerprint density at radius 2 is 1.53 bits per heavy atom. The molecule has 0 aliphatic carbocycles. The minimum absolute atomic E-state index is 0.310. The van der Waals surface area contributed by atoms with Crippen molar-refractivity contribution >= 4 is 12.7 Å². The van der Waals surface area contributed by atoms with E-state index in [9.17, 15) is 0 Å². The van der Waals surface area contributed by atoms with E-state index in [0.717, 1.165) is 17.1 Å². The minimum atomic E-state index is -0.361. The summed E-state index contributed by atoms with van der Waals surface area (Å²) in [6.45, 7) is 12.2. The van der Waals surface area contributed by atoms with E-state index in [1.165, 1.54) is 0 Å². The third-order valence-electron chi connectivity index (χ3n) is 4.12. The Balaban J connectivity index is 2.35. The summed E-state index contributed by atoms with van der Waals surface area (Å²) in [5.74, 6) is 0.979. The molecule has 0 atom stereocenters. The van der Waals surface area contributed by atoms with E-state index in [0.29, 0.717) is 0 Å². The SMILES string of the molecule is Cc1nc(B2OC(C)(C)C(C)(C)O2)c(C)n1C. The first-order chi connectivity index (χ1) is 7.66. The van der Waals surface area contributed by atoms with Crippen LogP contribution in [0.4, 0.5) is 0 Å². The van der Waals surface area contributed by atoms with Crippen molar-refractivity contribution in [3.8, 4) is 0 Å². The third kappa shape index (κ3) is 1.81. The van der Waals surface area contributed by atoms with Gasteiger partial charge in [-0.25, -0.2) is 4.98 Å². The highest BCUT2D eigenvalue weighted by atomic mass is 16.7. The fraction of sp³-hybridized carbons (Fsp3) is 0.750. The molecule has 1 aromatic rings. The number of imidazole rings is 1. The van der Waals surface area contributed by atoms with Crippen LogP contribution in [0.3, 0.4) is 0 Å². The van der Waals surface area contributed by atoms with Gasteiger partial charge >= 0.3 is 7.12 Å². The monoisotopic (exact) mass is 236 g/mol. The normalized spacial score (nSPS) is 22.2. The van der Waals surface area contributed by atoms with Crippen LogP contribution in [0.15, 0.2) is 0 Å². The van der Waals surface area contributed by atoms with Crippen LogP contribution in [0.5, 0.6) is 0 Å². The number of rotatable bonds is 1. The zero-order chi connectivity index (χ0) is 13.0. The van der Waals surface area contributed by atoms with Crippen LogP contribution in [-0.2, 0) is 16.4 Å². The Labute approximate surface area is 103 Å². The predicted molar refractivity (Wildman–Crippen MR) is 68.4 cm³/mol. The number of aryl methyl sites for hydroxylation is 1. The lowest BCUT2D eigenvalue weighted by atomic mass is 9.83. The molecule has 1 aromatic heterocycles. The van der Waals surface area contributed by atoms with E-state index in [1.54, 1.807) is 0 Å². The second kappa shape index (κ2) is 3.59. The van der Waals surface area contributed by atoms with E-state index >= 15 is 0 Å². The molecular formula is C12H21BN2O2. The molecule has 0 spiro atoms. The van der Waals surface area contributed by atoms with Gasteiger partial charge in [-0.3, -0.25) is 0 Å². The van der Waals surface area contributed by atoms with Gasteiger partial charge in [0, 0.05) is 12.7 Å². The summed E-state index contributed by atoms with van der Waals surface area (Å²) >= 11 is 0. The quantitative estimate of drug-likeness (QED) is 0.690. The summed E-state index contributed by atoms with van der Waals surface area (Å²) in [5.41, 5.74) is 1.37. The first-order valence-electron chi connectivity index (χ1n) is 6.01. The van der Waals surface area contributed by atoms with E-state index < -0.39 is 0 Å². The Morgan fingerprint density at radius 3 is 1.88 bits per heavy atom. The molecule has 2 rings (SSSR count). The maximum absolute atomic E-state index is 6.00. The third-order valence-corrected chi connectivity index (χ3v) is 4.12. The Hall–Kier alpha value is -0.805. The van der Waals surface area contributed by atoms with Gasteiger partial charge in [-0.1, -0.05) is 0 Å². The molecule has 94 valence electrons. The molecule has 0 amide bonds. The number of hydrogen-bond acceptors (Lipinski definition) is 3. The van der Waals surface area contributed by atoms with Gasteiger partial charge in [-0.15, -0.1) is 0 Å². The molecule has 0 saturated carbocycles. The highest BCUT2D eigenvalue weighted by Crippen LogP contribution is 2.36. The van der Waals surface area contributed by atoms with E-state index in [1.807, 2.05) is 20.9 Å². The van der Waals surface area contributed by atoms with Crippen molar-refractivity contribution < 1.29 is 9.31 Å². The number of nitrogens with zero attached hydrogens (tertiary/aromatic N) is 2. The van der Waals surface area contributed by atoms with Gasteiger partial charge in [0.05, 0.1) is 16.8 Å². The van der Waals surface area contributed by atoms with Crippen LogP contribution in [0.1, 0.15) is 39.2 Å². The largest absolute Gasteiger partial charge is 0.516 e. The van der Waals surface area contributed by atoms with Crippen molar-refractivity contribution in [2.45, 2.75) is 52.7 Å². The topological polar surface area (TPSA) is 36.3 Å². The summed E-state index contributed by atoms with van der Waals surface area (Å²) in [7, 11) is 1.65. The second-order valence-corrected chi connectivity index (χ2v) is 5.78. The van der Waals surface area contributed by atoms with E-state index in [-0.39, 0.29) is 18.3 Å². The molecule has 0 bridgehead atoms. The average molecular weight is 236 g/mol. The van der Waals surface area contributed by atoms with Gasteiger partial charge in [-0.2, -0.15) is 0 Å². The zero-order valence-corrected chi connectivity index (χ0v) is 11.8. The van der Waals surface area contributed by atoms with Gasteiger partial charge in [0.15, 0.2) is 0 Å². The summed E-state index contributed by atoms with van der Waals surface area (Å²) in [4.78, 5) is 4.54. The first kappa shape index (κ1) is 12.6. The molecule has 0 N–H and O–H groups in total. The van der Waals surface area contributed by atoms with Crippen LogP contribution in [0.2, 0.25) is 0 Å². The van der Waals surface area contributed by atoms with Crippen molar-refractivity contribution in [3.05, 3.63) is 11.5 Å². The van der Waals surface area contributed by atoms with Crippen LogP contribution in [0.25, 0.3) is 0 Å². The maximum Gasteiger partial charge on any atom is 0.516 e. The highest BCUT2D eigenvalue weighted by Gasteiger charge is 2.53. The van der Waals surface area contributed by atoms with E-state index in [4.69, 9.17) is 9.31 Å². The van der Waals surface area contributed by atoms with Crippen molar-refractivity contribution in [1.82, 2.24) is 9.55 Å². The molecule has 4 nitrogen and oxygen atoms in total. The zero-order valence-electron chi connectivity index (χ0n) is 11.8. The molecule has 17 heavy (non-hydrogen) atoms. The van der Waals surface area contributed by atoms with Gasteiger partial charge in [0.25, 0.3) is 0 Å². The summed E-state index contributed by atoms with van der Waals surface area (Å²) in [5, 5.41) is 0. The first-order valence-corrected chi connectivity index (χ1v) is 6.01. The summed E-state index contributed by atoms with van der Waals surface area (Å²) in [6.07, 6.45) is 0. The van der Waals surface area contributed by atoms with Crippen molar-refractivity contribution in [1.29, 1.82) is 0 Å². The van der Waals surface area contributed by atoms with Gasteiger partial charge in [0.2, 0.25) is 0 Å². The molecule has 0 unspecified atom stereocenters.